The van der Waals surface area contributed by atoms with Crippen LogP contribution in [0, 0.1) is 0 Å². The highest BCUT2D eigenvalue weighted by Gasteiger charge is 2.08. The van der Waals surface area contributed by atoms with Crippen molar-refractivity contribution in [2.75, 3.05) is 45.8 Å². The molecule has 0 radical (unpaired) electrons. The third-order valence-electron chi connectivity index (χ3n) is 5.49. The molecule has 1 atom stereocenters. The van der Waals surface area contributed by atoms with Gasteiger partial charge in [-0.05, 0) is 90.6 Å². The lowest BCUT2D eigenvalue weighted by atomic mass is 10.1. The SMILES string of the molecule is C=C(NCCCNCCCCNCCCN)[C@H](N)CCCCNC(CCC)CCC. The Bertz CT molecular complexity index is 358. The average Bonchev–Trinajstić information content (AvgIpc) is 2.74. The van der Waals surface area contributed by atoms with E-state index in [0.717, 1.165) is 77.2 Å². The third-order valence-corrected chi connectivity index (χ3v) is 5.49. The Labute approximate surface area is 187 Å². The van der Waals surface area contributed by atoms with E-state index in [4.69, 9.17) is 11.5 Å². The standard InChI is InChI=1S/C24H54N6/c1-4-12-23(13-5-2)30-20-7-6-14-24(26)22(3)29-21-11-19-28-17-9-8-16-27-18-10-15-25/h23-24,27-30H,3-21,25-26H2,1-2H3/t24-/m1/s1. The first-order chi connectivity index (χ1) is 14.7. The van der Waals surface area contributed by atoms with Crippen molar-refractivity contribution in [3.05, 3.63) is 12.3 Å². The highest BCUT2D eigenvalue weighted by Crippen LogP contribution is 2.07. The Balaban J connectivity index is 3.47. The van der Waals surface area contributed by atoms with Crippen LogP contribution >= 0.6 is 0 Å². The smallest absolute Gasteiger partial charge is 0.0438 e. The predicted molar refractivity (Wildman–Crippen MR) is 134 cm³/mol. The molecular weight excluding hydrogens is 372 g/mol. The number of hydrogen-bond acceptors (Lipinski definition) is 6. The van der Waals surface area contributed by atoms with E-state index in [1.54, 1.807) is 0 Å². The fourth-order valence-electron chi connectivity index (χ4n) is 3.59. The predicted octanol–water partition coefficient (Wildman–Crippen LogP) is 2.84. The summed E-state index contributed by atoms with van der Waals surface area (Å²) in [7, 11) is 0. The molecule has 0 aromatic heterocycles. The van der Waals surface area contributed by atoms with E-state index < -0.39 is 0 Å². The second kappa shape index (κ2) is 23.0. The van der Waals surface area contributed by atoms with E-state index in [1.807, 2.05) is 0 Å². The molecule has 8 N–H and O–H groups in total. The summed E-state index contributed by atoms with van der Waals surface area (Å²) in [4.78, 5) is 0. The van der Waals surface area contributed by atoms with Gasteiger partial charge in [-0.25, -0.2) is 0 Å². The average molecular weight is 427 g/mol. The summed E-state index contributed by atoms with van der Waals surface area (Å²) in [6, 6.07) is 0.753. The molecule has 0 aliphatic rings. The van der Waals surface area contributed by atoms with Gasteiger partial charge in [-0.15, -0.1) is 0 Å². The minimum Gasteiger partial charge on any atom is -0.387 e. The van der Waals surface area contributed by atoms with Crippen LogP contribution in [0.25, 0.3) is 0 Å². The normalized spacial score (nSPS) is 12.4. The summed E-state index contributed by atoms with van der Waals surface area (Å²) in [6.07, 6.45) is 13.0. The monoisotopic (exact) mass is 426 g/mol. The second-order valence-corrected chi connectivity index (χ2v) is 8.49. The summed E-state index contributed by atoms with van der Waals surface area (Å²) in [5.74, 6) is 0. The Morgan fingerprint density at radius 1 is 0.733 bits per heavy atom. The van der Waals surface area contributed by atoms with Crippen LogP contribution in [0.1, 0.15) is 84.5 Å². The number of unbranched alkanes of at least 4 members (excludes halogenated alkanes) is 2. The first-order valence-corrected chi connectivity index (χ1v) is 12.7. The molecule has 0 aromatic carbocycles. The van der Waals surface area contributed by atoms with Gasteiger partial charge >= 0.3 is 0 Å². The van der Waals surface area contributed by atoms with Gasteiger partial charge in [0.15, 0.2) is 0 Å². The quantitative estimate of drug-likeness (QED) is 0.133. The topological polar surface area (TPSA) is 100 Å². The van der Waals surface area contributed by atoms with E-state index in [-0.39, 0.29) is 6.04 Å². The lowest BCUT2D eigenvalue weighted by Gasteiger charge is -2.19. The molecular formula is C24H54N6. The summed E-state index contributed by atoms with van der Waals surface area (Å²) in [5.41, 5.74) is 12.7. The Hall–Kier alpha value is -0.660. The molecule has 0 saturated carbocycles. The van der Waals surface area contributed by atoms with Crippen molar-refractivity contribution < 1.29 is 0 Å². The van der Waals surface area contributed by atoms with Gasteiger partial charge in [0.05, 0.1) is 0 Å². The maximum absolute atomic E-state index is 6.28. The summed E-state index contributed by atoms with van der Waals surface area (Å²) in [5, 5.41) is 14.0. The van der Waals surface area contributed by atoms with Gasteiger partial charge in [0.2, 0.25) is 0 Å². The first-order valence-electron chi connectivity index (χ1n) is 12.7. The van der Waals surface area contributed by atoms with Gasteiger partial charge in [-0.1, -0.05) is 39.7 Å². The Morgan fingerprint density at radius 3 is 1.90 bits per heavy atom. The lowest BCUT2D eigenvalue weighted by Crippen LogP contribution is -2.33. The van der Waals surface area contributed by atoms with Crippen molar-refractivity contribution in [3.8, 4) is 0 Å². The molecule has 6 heteroatoms. The van der Waals surface area contributed by atoms with Crippen LogP contribution in [0.2, 0.25) is 0 Å². The molecule has 0 aliphatic heterocycles. The zero-order valence-electron chi connectivity index (χ0n) is 20.2. The van der Waals surface area contributed by atoms with Crippen LogP contribution in [0.4, 0.5) is 0 Å². The number of nitrogens with one attached hydrogen (secondary N) is 4. The van der Waals surface area contributed by atoms with Gasteiger partial charge in [-0.2, -0.15) is 0 Å². The molecule has 0 heterocycles. The fourth-order valence-corrected chi connectivity index (χ4v) is 3.59. The molecule has 0 unspecified atom stereocenters. The van der Waals surface area contributed by atoms with E-state index in [0.29, 0.717) is 6.04 Å². The molecule has 6 nitrogen and oxygen atoms in total. The molecule has 0 aromatic rings. The van der Waals surface area contributed by atoms with Crippen LogP contribution in [0.5, 0.6) is 0 Å². The zero-order chi connectivity index (χ0) is 22.3. The van der Waals surface area contributed by atoms with Gasteiger partial charge in [0.25, 0.3) is 0 Å². The van der Waals surface area contributed by atoms with Crippen molar-refractivity contribution in [2.24, 2.45) is 11.5 Å². The van der Waals surface area contributed by atoms with Crippen LogP contribution in [-0.4, -0.2) is 57.9 Å². The van der Waals surface area contributed by atoms with E-state index in [9.17, 15) is 0 Å². The molecule has 0 saturated heterocycles. The van der Waals surface area contributed by atoms with Crippen molar-refractivity contribution in [3.63, 3.8) is 0 Å². The largest absolute Gasteiger partial charge is 0.387 e. The molecule has 0 spiro atoms. The fraction of sp³-hybridized carbons (Fsp3) is 0.917. The number of hydrogen-bond donors (Lipinski definition) is 6. The van der Waals surface area contributed by atoms with Crippen LogP contribution in [0.15, 0.2) is 12.3 Å². The molecule has 0 fully saturated rings. The molecule has 180 valence electrons. The summed E-state index contributed by atoms with van der Waals surface area (Å²) < 4.78 is 0. The minimum absolute atomic E-state index is 0.0619. The lowest BCUT2D eigenvalue weighted by molar-refractivity contribution is 0.433. The minimum atomic E-state index is 0.0619. The Morgan fingerprint density at radius 2 is 1.30 bits per heavy atom. The molecule has 0 amide bonds. The van der Waals surface area contributed by atoms with Gasteiger partial charge in [0.1, 0.15) is 0 Å². The van der Waals surface area contributed by atoms with E-state index in [1.165, 1.54) is 44.9 Å². The van der Waals surface area contributed by atoms with Gasteiger partial charge < -0.3 is 32.7 Å². The second-order valence-electron chi connectivity index (χ2n) is 8.49. The van der Waals surface area contributed by atoms with E-state index in [2.05, 4.69) is 41.7 Å². The van der Waals surface area contributed by atoms with Crippen molar-refractivity contribution >= 4 is 0 Å². The van der Waals surface area contributed by atoms with Crippen molar-refractivity contribution in [2.45, 2.75) is 96.6 Å². The molecule has 30 heavy (non-hydrogen) atoms. The van der Waals surface area contributed by atoms with Gasteiger partial charge in [0, 0.05) is 24.3 Å². The third kappa shape index (κ3) is 19.3. The Kier molecular flexibility index (Phi) is 22.5. The van der Waals surface area contributed by atoms with Gasteiger partial charge in [-0.3, -0.25) is 0 Å². The first kappa shape index (κ1) is 29.3. The highest BCUT2D eigenvalue weighted by molar-refractivity contribution is 5.01. The van der Waals surface area contributed by atoms with Crippen LogP contribution < -0.4 is 32.7 Å². The molecule has 0 aliphatic carbocycles. The molecule has 0 rings (SSSR count). The summed E-state index contributed by atoms with van der Waals surface area (Å²) in [6.45, 7) is 15.7. The highest BCUT2D eigenvalue weighted by atomic mass is 14.9. The van der Waals surface area contributed by atoms with Crippen LogP contribution in [0.3, 0.4) is 0 Å². The van der Waals surface area contributed by atoms with Crippen LogP contribution in [-0.2, 0) is 0 Å². The molecule has 0 bridgehead atoms. The maximum atomic E-state index is 6.28. The summed E-state index contributed by atoms with van der Waals surface area (Å²) >= 11 is 0. The number of nitrogens with two attached hydrogens (primary N) is 2. The van der Waals surface area contributed by atoms with Crippen molar-refractivity contribution in [1.29, 1.82) is 0 Å². The van der Waals surface area contributed by atoms with Crippen molar-refractivity contribution in [1.82, 2.24) is 21.3 Å². The zero-order valence-corrected chi connectivity index (χ0v) is 20.2. The maximum Gasteiger partial charge on any atom is 0.0438 e. The number of rotatable bonds is 24. The van der Waals surface area contributed by atoms with E-state index >= 15 is 0 Å².